The molecule has 2 aliphatic rings. The van der Waals surface area contributed by atoms with Gasteiger partial charge in [0.25, 0.3) is 0 Å². The first-order valence-electron chi connectivity index (χ1n) is 6.43. The number of methoxy groups -OCH3 is 1. The monoisotopic (exact) mass is 255 g/mol. The molecule has 0 spiro atoms. The van der Waals surface area contributed by atoms with Gasteiger partial charge in [-0.1, -0.05) is 0 Å². The molecular formula is C12H21N3O3. The van der Waals surface area contributed by atoms with Crippen LogP contribution in [0.1, 0.15) is 12.8 Å². The maximum absolute atomic E-state index is 12.2. The topological polar surface area (TPSA) is 75.9 Å². The van der Waals surface area contributed by atoms with Crippen molar-refractivity contribution in [1.29, 1.82) is 0 Å². The molecule has 6 heteroatoms. The summed E-state index contributed by atoms with van der Waals surface area (Å²) in [5, 5.41) is 0. The van der Waals surface area contributed by atoms with Gasteiger partial charge in [-0.15, -0.1) is 0 Å². The molecule has 2 rings (SSSR count). The summed E-state index contributed by atoms with van der Waals surface area (Å²) in [7, 11) is 1.61. The van der Waals surface area contributed by atoms with Gasteiger partial charge in [0, 0.05) is 45.8 Å². The number of likely N-dealkylation sites (tertiary alicyclic amines) is 2. The zero-order valence-electron chi connectivity index (χ0n) is 10.8. The van der Waals surface area contributed by atoms with E-state index >= 15 is 0 Å². The Bertz CT molecular complexity index is 335. The lowest BCUT2D eigenvalue weighted by molar-refractivity contribution is -0.134. The maximum atomic E-state index is 12.2. The third-order valence-corrected chi connectivity index (χ3v) is 3.67. The lowest BCUT2D eigenvalue weighted by atomic mass is 10.1. The van der Waals surface area contributed by atoms with Crippen LogP contribution in [0.2, 0.25) is 0 Å². The van der Waals surface area contributed by atoms with Gasteiger partial charge in [0.2, 0.25) is 11.8 Å². The lowest BCUT2D eigenvalue weighted by Crippen LogP contribution is -2.37. The molecule has 6 nitrogen and oxygen atoms in total. The minimum atomic E-state index is -0.195. The van der Waals surface area contributed by atoms with E-state index in [1.807, 2.05) is 0 Å². The smallest absolute Gasteiger partial charge is 0.228 e. The van der Waals surface area contributed by atoms with Gasteiger partial charge in [0.05, 0.1) is 12.5 Å². The van der Waals surface area contributed by atoms with Crippen LogP contribution in [-0.2, 0) is 14.3 Å². The van der Waals surface area contributed by atoms with Gasteiger partial charge in [-0.3, -0.25) is 9.59 Å². The number of hydrogen-bond acceptors (Lipinski definition) is 4. The molecule has 2 atom stereocenters. The quantitative estimate of drug-likeness (QED) is 0.702. The number of hydrogen-bond donors (Lipinski definition) is 1. The van der Waals surface area contributed by atoms with E-state index in [2.05, 4.69) is 0 Å². The first-order valence-corrected chi connectivity index (χ1v) is 6.43. The highest BCUT2D eigenvalue weighted by Crippen LogP contribution is 2.21. The second kappa shape index (κ2) is 5.67. The van der Waals surface area contributed by atoms with Crippen LogP contribution in [0, 0.1) is 5.92 Å². The van der Waals surface area contributed by atoms with E-state index < -0.39 is 0 Å². The Hall–Kier alpha value is -1.14. The fourth-order valence-electron chi connectivity index (χ4n) is 2.60. The van der Waals surface area contributed by atoms with Crippen LogP contribution in [0.15, 0.2) is 0 Å². The summed E-state index contributed by atoms with van der Waals surface area (Å²) in [5.74, 6) is -0.0650. The van der Waals surface area contributed by atoms with E-state index in [0.717, 1.165) is 13.0 Å². The van der Waals surface area contributed by atoms with E-state index in [1.54, 1.807) is 16.9 Å². The summed E-state index contributed by atoms with van der Waals surface area (Å²) in [4.78, 5) is 27.5. The third kappa shape index (κ3) is 2.81. The largest absolute Gasteiger partial charge is 0.383 e. The number of rotatable bonds is 4. The Kier molecular flexibility index (Phi) is 4.19. The molecule has 2 amide bonds. The highest BCUT2D eigenvalue weighted by molar-refractivity contribution is 5.89. The normalized spacial score (nSPS) is 28.2. The van der Waals surface area contributed by atoms with Crippen molar-refractivity contribution >= 4 is 11.8 Å². The third-order valence-electron chi connectivity index (χ3n) is 3.67. The van der Waals surface area contributed by atoms with Crippen molar-refractivity contribution in [2.75, 3.05) is 39.9 Å². The first kappa shape index (κ1) is 13.3. The van der Waals surface area contributed by atoms with E-state index in [1.165, 1.54) is 0 Å². The molecule has 0 aromatic carbocycles. The van der Waals surface area contributed by atoms with Crippen molar-refractivity contribution in [2.45, 2.75) is 18.9 Å². The predicted octanol–water partition coefficient (Wildman–Crippen LogP) is -0.959. The van der Waals surface area contributed by atoms with E-state index in [4.69, 9.17) is 10.5 Å². The van der Waals surface area contributed by atoms with Crippen molar-refractivity contribution in [2.24, 2.45) is 11.7 Å². The first-order chi connectivity index (χ1) is 8.61. The molecule has 2 aliphatic heterocycles. The zero-order valence-corrected chi connectivity index (χ0v) is 10.8. The molecule has 1 unspecified atom stereocenters. The molecule has 2 N–H and O–H groups in total. The van der Waals surface area contributed by atoms with Crippen molar-refractivity contribution in [3.63, 3.8) is 0 Å². The Morgan fingerprint density at radius 2 is 2.28 bits per heavy atom. The summed E-state index contributed by atoms with van der Waals surface area (Å²) >= 11 is 0. The van der Waals surface area contributed by atoms with Crippen molar-refractivity contribution in [1.82, 2.24) is 9.80 Å². The van der Waals surface area contributed by atoms with Crippen LogP contribution >= 0.6 is 0 Å². The van der Waals surface area contributed by atoms with Crippen LogP contribution < -0.4 is 5.73 Å². The minimum Gasteiger partial charge on any atom is -0.383 e. The van der Waals surface area contributed by atoms with Gasteiger partial charge < -0.3 is 20.3 Å². The maximum Gasteiger partial charge on any atom is 0.228 e. The Morgan fingerprint density at radius 1 is 1.50 bits per heavy atom. The molecular weight excluding hydrogens is 234 g/mol. The molecule has 0 radical (unpaired) electrons. The van der Waals surface area contributed by atoms with Gasteiger partial charge in [-0.25, -0.2) is 0 Å². The molecule has 0 bridgehead atoms. The van der Waals surface area contributed by atoms with Gasteiger partial charge in [0.1, 0.15) is 0 Å². The Balaban J connectivity index is 1.87. The average Bonchev–Trinajstić information content (AvgIpc) is 2.92. The Morgan fingerprint density at radius 3 is 2.89 bits per heavy atom. The van der Waals surface area contributed by atoms with E-state index in [9.17, 15) is 9.59 Å². The molecule has 102 valence electrons. The SMILES string of the molecule is COCCN1CC(C(=O)N2CC[C@@H](N)C2)CC1=O. The number of nitrogens with zero attached hydrogens (tertiary/aromatic N) is 2. The average molecular weight is 255 g/mol. The number of amides is 2. The summed E-state index contributed by atoms with van der Waals surface area (Å²) in [6, 6.07) is 0.0932. The summed E-state index contributed by atoms with van der Waals surface area (Å²) in [6.07, 6.45) is 1.19. The van der Waals surface area contributed by atoms with Crippen molar-refractivity contribution in [3.8, 4) is 0 Å². The van der Waals surface area contributed by atoms with Gasteiger partial charge in [-0.2, -0.15) is 0 Å². The standard InChI is InChI=1S/C12H21N3O3/c1-18-5-4-14-7-9(6-11(14)16)12(17)15-3-2-10(13)8-15/h9-10H,2-8,13H2,1H3/t9?,10-/m1/s1. The lowest BCUT2D eigenvalue weighted by Gasteiger charge is -2.20. The molecule has 0 aromatic rings. The fourth-order valence-corrected chi connectivity index (χ4v) is 2.60. The van der Waals surface area contributed by atoms with Crippen LogP contribution in [0.4, 0.5) is 0 Å². The predicted molar refractivity (Wildman–Crippen MR) is 65.7 cm³/mol. The second-order valence-electron chi connectivity index (χ2n) is 5.07. The number of carbonyl (C=O) groups excluding carboxylic acids is 2. The summed E-state index contributed by atoms with van der Waals surface area (Å²) in [6.45, 7) is 2.96. The molecule has 0 aromatic heterocycles. The van der Waals surface area contributed by atoms with Gasteiger partial charge >= 0.3 is 0 Å². The van der Waals surface area contributed by atoms with E-state index in [-0.39, 0.29) is 23.8 Å². The number of nitrogens with two attached hydrogens (primary N) is 1. The zero-order chi connectivity index (χ0) is 13.1. The highest BCUT2D eigenvalue weighted by atomic mass is 16.5. The van der Waals surface area contributed by atoms with Crippen molar-refractivity contribution < 1.29 is 14.3 Å². The van der Waals surface area contributed by atoms with Gasteiger partial charge in [-0.05, 0) is 6.42 Å². The summed E-state index contributed by atoms with van der Waals surface area (Å²) < 4.78 is 4.96. The van der Waals surface area contributed by atoms with Crippen LogP contribution in [0.25, 0.3) is 0 Å². The highest BCUT2D eigenvalue weighted by Gasteiger charge is 2.37. The molecule has 0 saturated carbocycles. The van der Waals surface area contributed by atoms with Crippen molar-refractivity contribution in [3.05, 3.63) is 0 Å². The number of carbonyl (C=O) groups is 2. The van der Waals surface area contributed by atoms with E-state index in [0.29, 0.717) is 32.7 Å². The van der Waals surface area contributed by atoms with Crippen LogP contribution in [0.5, 0.6) is 0 Å². The minimum absolute atomic E-state index is 0.0499. The molecule has 2 saturated heterocycles. The molecule has 18 heavy (non-hydrogen) atoms. The van der Waals surface area contributed by atoms with Crippen LogP contribution in [0.3, 0.4) is 0 Å². The summed E-state index contributed by atoms with van der Waals surface area (Å²) in [5.41, 5.74) is 5.79. The van der Waals surface area contributed by atoms with Gasteiger partial charge in [0.15, 0.2) is 0 Å². The fraction of sp³-hybridized carbons (Fsp3) is 0.833. The Labute approximate surface area is 107 Å². The second-order valence-corrected chi connectivity index (χ2v) is 5.07. The molecule has 0 aliphatic carbocycles. The van der Waals surface area contributed by atoms with Crippen LogP contribution in [-0.4, -0.2) is 67.6 Å². The molecule has 2 fully saturated rings. The molecule has 2 heterocycles. The number of ether oxygens (including phenoxy) is 1.